The molecule has 2 aromatic rings. The molecule has 0 aliphatic carbocycles. The molecule has 1 aromatic heterocycles. The highest BCUT2D eigenvalue weighted by Crippen LogP contribution is 2.20. The summed E-state index contributed by atoms with van der Waals surface area (Å²) in [5.74, 6) is -1.18. The quantitative estimate of drug-likeness (QED) is 0.922. The maximum absolute atomic E-state index is 13.2. The van der Waals surface area contributed by atoms with Gasteiger partial charge in [0.1, 0.15) is 23.4 Å². The van der Waals surface area contributed by atoms with Gasteiger partial charge < -0.3 is 14.7 Å². The zero-order chi connectivity index (χ0) is 17.8. The highest BCUT2D eigenvalue weighted by molar-refractivity contribution is 5.93. The summed E-state index contributed by atoms with van der Waals surface area (Å²) in [7, 11) is 0. The van der Waals surface area contributed by atoms with E-state index in [4.69, 9.17) is 9.84 Å². The Morgan fingerprint density at radius 1 is 1.20 bits per heavy atom. The van der Waals surface area contributed by atoms with Gasteiger partial charge in [0.2, 0.25) is 0 Å². The second kappa shape index (κ2) is 7.29. The average molecular weight is 344 g/mol. The van der Waals surface area contributed by atoms with Gasteiger partial charge in [-0.3, -0.25) is 9.78 Å². The molecular weight excluding hydrogens is 327 g/mol. The Kier molecular flexibility index (Phi) is 4.92. The number of nitrogens with zero attached hydrogens (tertiary/aromatic N) is 2. The molecule has 1 aromatic carbocycles. The van der Waals surface area contributed by atoms with Crippen molar-refractivity contribution >= 4 is 11.9 Å². The van der Waals surface area contributed by atoms with Crippen molar-refractivity contribution in [2.45, 2.75) is 18.9 Å². The van der Waals surface area contributed by atoms with Crippen LogP contribution in [0.5, 0.6) is 5.75 Å². The van der Waals surface area contributed by atoms with E-state index in [1.165, 1.54) is 30.5 Å². The summed E-state index contributed by atoms with van der Waals surface area (Å²) >= 11 is 0. The minimum atomic E-state index is -1.08. The molecule has 25 heavy (non-hydrogen) atoms. The van der Waals surface area contributed by atoms with Crippen molar-refractivity contribution in [3.8, 4) is 5.75 Å². The maximum Gasteiger partial charge on any atom is 0.337 e. The minimum absolute atomic E-state index is 0.0405. The molecule has 0 radical (unpaired) electrons. The molecule has 0 saturated carbocycles. The van der Waals surface area contributed by atoms with Crippen molar-refractivity contribution in [3.63, 3.8) is 0 Å². The minimum Gasteiger partial charge on any atom is -0.490 e. The third-order valence-corrected chi connectivity index (χ3v) is 4.06. The number of halogens is 1. The van der Waals surface area contributed by atoms with Gasteiger partial charge >= 0.3 is 5.97 Å². The van der Waals surface area contributed by atoms with Gasteiger partial charge in [-0.2, -0.15) is 0 Å². The summed E-state index contributed by atoms with van der Waals surface area (Å²) in [6, 6.07) is 8.77. The lowest BCUT2D eigenvalue weighted by atomic mass is 10.1. The van der Waals surface area contributed by atoms with E-state index in [9.17, 15) is 14.0 Å². The van der Waals surface area contributed by atoms with E-state index in [1.807, 2.05) is 0 Å². The molecule has 2 heterocycles. The Bertz CT molecular complexity index is 771. The molecule has 130 valence electrons. The van der Waals surface area contributed by atoms with Crippen LogP contribution >= 0.6 is 0 Å². The number of ether oxygens (including phenoxy) is 1. The Morgan fingerprint density at radius 3 is 2.56 bits per heavy atom. The van der Waals surface area contributed by atoms with Crippen LogP contribution in [0.4, 0.5) is 4.39 Å². The van der Waals surface area contributed by atoms with Crippen molar-refractivity contribution in [1.29, 1.82) is 0 Å². The van der Waals surface area contributed by atoms with Gasteiger partial charge in [-0.1, -0.05) is 6.07 Å². The van der Waals surface area contributed by atoms with Crippen molar-refractivity contribution in [2.24, 2.45) is 0 Å². The Labute approximate surface area is 143 Å². The van der Waals surface area contributed by atoms with Gasteiger partial charge in [0.25, 0.3) is 5.91 Å². The number of carboxylic acid groups (broad SMARTS) is 1. The van der Waals surface area contributed by atoms with Crippen LogP contribution in [0.3, 0.4) is 0 Å². The second-order valence-corrected chi connectivity index (χ2v) is 5.80. The van der Waals surface area contributed by atoms with Gasteiger partial charge in [0, 0.05) is 38.2 Å². The number of carboxylic acids is 1. The number of likely N-dealkylation sites (tertiary alicyclic amines) is 1. The number of aromatic carboxylic acids is 1. The lowest BCUT2D eigenvalue weighted by Crippen LogP contribution is -2.42. The molecule has 0 bridgehead atoms. The number of amides is 1. The smallest absolute Gasteiger partial charge is 0.337 e. The van der Waals surface area contributed by atoms with E-state index in [2.05, 4.69) is 4.98 Å². The number of carbonyl (C=O) groups excluding carboxylic acids is 1. The lowest BCUT2D eigenvalue weighted by molar-refractivity contribution is 0.0587. The van der Waals surface area contributed by atoms with Crippen LogP contribution in [-0.4, -0.2) is 46.1 Å². The number of aromatic nitrogens is 1. The van der Waals surface area contributed by atoms with Crippen molar-refractivity contribution in [1.82, 2.24) is 9.88 Å². The van der Waals surface area contributed by atoms with Gasteiger partial charge in [0.15, 0.2) is 0 Å². The van der Waals surface area contributed by atoms with Crippen LogP contribution in [0.15, 0.2) is 42.6 Å². The van der Waals surface area contributed by atoms with Crippen LogP contribution < -0.4 is 4.74 Å². The molecule has 7 heteroatoms. The summed E-state index contributed by atoms with van der Waals surface area (Å²) in [4.78, 5) is 28.8. The predicted molar refractivity (Wildman–Crippen MR) is 87.1 cm³/mol. The molecule has 3 rings (SSSR count). The lowest BCUT2D eigenvalue weighted by Gasteiger charge is -2.32. The van der Waals surface area contributed by atoms with Crippen LogP contribution in [-0.2, 0) is 0 Å². The highest BCUT2D eigenvalue weighted by atomic mass is 19.1. The number of hydrogen-bond acceptors (Lipinski definition) is 4. The number of rotatable bonds is 4. The fraction of sp³-hybridized carbons (Fsp3) is 0.278. The SMILES string of the molecule is O=C(O)c1ccc(C(=O)N2CCC(Oc3cccc(F)c3)CC2)nc1. The first-order chi connectivity index (χ1) is 12.0. The molecule has 0 spiro atoms. The zero-order valence-electron chi connectivity index (χ0n) is 13.4. The van der Waals surface area contributed by atoms with Crippen molar-refractivity contribution in [3.05, 3.63) is 59.7 Å². The molecule has 0 unspecified atom stereocenters. The molecule has 1 fully saturated rings. The van der Waals surface area contributed by atoms with E-state index >= 15 is 0 Å². The van der Waals surface area contributed by atoms with Crippen LogP contribution in [0.1, 0.15) is 33.7 Å². The molecule has 1 saturated heterocycles. The summed E-state index contributed by atoms with van der Waals surface area (Å²) < 4.78 is 18.9. The Morgan fingerprint density at radius 2 is 1.96 bits per heavy atom. The van der Waals surface area contributed by atoms with Gasteiger partial charge in [-0.25, -0.2) is 9.18 Å². The fourth-order valence-electron chi connectivity index (χ4n) is 2.72. The number of carbonyl (C=O) groups is 2. The summed E-state index contributed by atoms with van der Waals surface area (Å²) in [6.45, 7) is 1.00. The summed E-state index contributed by atoms with van der Waals surface area (Å²) in [5.41, 5.74) is 0.258. The van der Waals surface area contributed by atoms with E-state index < -0.39 is 5.97 Å². The van der Waals surface area contributed by atoms with E-state index in [1.54, 1.807) is 17.0 Å². The standard InChI is InChI=1S/C18H17FN2O4/c19-13-2-1-3-15(10-13)25-14-6-8-21(9-7-14)17(22)16-5-4-12(11-20-16)18(23)24/h1-5,10-11,14H,6-9H2,(H,23,24). The number of piperidine rings is 1. The molecule has 1 N–H and O–H groups in total. The first kappa shape index (κ1) is 16.9. The molecular formula is C18H17FN2O4. The van der Waals surface area contributed by atoms with Gasteiger partial charge in [-0.15, -0.1) is 0 Å². The zero-order valence-corrected chi connectivity index (χ0v) is 13.4. The van der Waals surface area contributed by atoms with E-state index in [0.717, 1.165) is 0 Å². The van der Waals surface area contributed by atoms with Gasteiger partial charge in [-0.05, 0) is 24.3 Å². The number of hydrogen-bond donors (Lipinski definition) is 1. The fourth-order valence-corrected chi connectivity index (χ4v) is 2.72. The maximum atomic E-state index is 13.2. The van der Waals surface area contributed by atoms with Gasteiger partial charge in [0.05, 0.1) is 5.56 Å². The summed E-state index contributed by atoms with van der Waals surface area (Å²) in [5, 5.41) is 8.86. The normalized spacial score (nSPS) is 15.0. The third kappa shape index (κ3) is 4.12. The Hall–Kier alpha value is -2.96. The van der Waals surface area contributed by atoms with Crippen molar-refractivity contribution in [2.75, 3.05) is 13.1 Å². The molecule has 1 aliphatic rings. The average Bonchev–Trinajstić information content (AvgIpc) is 2.62. The van der Waals surface area contributed by atoms with Crippen molar-refractivity contribution < 1.29 is 23.8 Å². The van der Waals surface area contributed by atoms with E-state index in [-0.39, 0.29) is 29.1 Å². The van der Waals surface area contributed by atoms with Crippen LogP contribution in [0.25, 0.3) is 0 Å². The van der Waals surface area contributed by atoms with Crippen LogP contribution in [0, 0.1) is 5.82 Å². The molecule has 1 aliphatic heterocycles. The summed E-state index contributed by atoms with van der Waals surface area (Å²) in [6.07, 6.45) is 2.37. The molecule has 6 nitrogen and oxygen atoms in total. The Balaban J connectivity index is 1.56. The monoisotopic (exact) mass is 344 g/mol. The third-order valence-electron chi connectivity index (χ3n) is 4.06. The largest absolute Gasteiger partial charge is 0.490 e. The van der Waals surface area contributed by atoms with Crippen LogP contribution in [0.2, 0.25) is 0 Å². The number of pyridine rings is 1. The predicted octanol–water partition coefficient (Wildman–Crippen LogP) is 2.60. The first-order valence-corrected chi connectivity index (χ1v) is 7.94. The molecule has 0 atom stereocenters. The van der Waals surface area contributed by atoms with E-state index in [0.29, 0.717) is 31.7 Å². The highest BCUT2D eigenvalue weighted by Gasteiger charge is 2.25. The second-order valence-electron chi connectivity index (χ2n) is 5.80. The molecule has 1 amide bonds. The topological polar surface area (TPSA) is 79.7 Å². The number of benzene rings is 1. The first-order valence-electron chi connectivity index (χ1n) is 7.94.